The summed E-state index contributed by atoms with van der Waals surface area (Å²) in [6.07, 6.45) is 14.0. The zero-order chi connectivity index (χ0) is 39.1. The molecule has 296 valence electrons. The second-order valence-corrected chi connectivity index (χ2v) is 16.5. The van der Waals surface area contributed by atoms with Crippen molar-refractivity contribution >= 4 is 29.5 Å². The number of carbonyl (C=O) groups is 1. The predicted octanol–water partition coefficient (Wildman–Crippen LogP) is 10.6. The van der Waals surface area contributed by atoms with E-state index < -0.39 is 0 Å². The molecule has 2 aliphatic heterocycles. The van der Waals surface area contributed by atoms with Crippen LogP contribution < -0.4 is 19.7 Å². The highest BCUT2D eigenvalue weighted by molar-refractivity contribution is 7.97. The first-order valence-electron chi connectivity index (χ1n) is 21.1. The van der Waals surface area contributed by atoms with E-state index in [1.165, 1.54) is 49.6 Å². The van der Waals surface area contributed by atoms with Gasteiger partial charge in [-0.25, -0.2) is 14.6 Å². The molecule has 9 rings (SSSR count). The van der Waals surface area contributed by atoms with Crippen LogP contribution in [0.3, 0.4) is 0 Å². The Hall–Kier alpha value is -4.05. The van der Waals surface area contributed by atoms with Gasteiger partial charge in [-0.1, -0.05) is 84.4 Å². The minimum atomic E-state index is -0.227. The zero-order valence-electron chi connectivity index (χ0n) is 34.2. The molecule has 3 aromatic heterocycles. The molecule has 55 heavy (non-hydrogen) atoms. The number of nitrogens with zero attached hydrogens (tertiary/aromatic N) is 5. The van der Waals surface area contributed by atoms with Crippen LogP contribution in [0.4, 0.5) is 11.6 Å². The Morgan fingerprint density at radius 3 is 2.35 bits per heavy atom. The van der Waals surface area contributed by atoms with Crippen LogP contribution in [0.1, 0.15) is 122 Å². The second-order valence-electron chi connectivity index (χ2n) is 15.7. The largest absolute Gasteiger partial charge is 0.477 e. The van der Waals surface area contributed by atoms with Crippen molar-refractivity contribution in [3.05, 3.63) is 84.1 Å². The molecule has 0 radical (unpaired) electrons. The molecule has 3 saturated carbocycles. The predicted molar refractivity (Wildman–Crippen MR) is 226 cm³/mol. The lowest BCUT2D eigenvalue weighted by atomic mass is 9.86. The van der Waals surface area contributed by atoms with Crippen LogP contribution in [0.2, 0.25) is 0 Å². The number of hydrogen-bond acceptors (Lipinski definition) is 8. The molecule has 1 saturated heterocycles. The number of anilines is 2. The molecule has 4 bridgehead atoms. The fourth-order valence-corrected chi connectivity index (χ4v) is 10.0. The first-order valence-corrected chi connectivity index (χ1v) is 21.9. The monoisotopic (exact) mass is 765 g/mol. The second kappa shape index (κ2) is 17.8. The summed E-state index contributed by atoms with van der Waals surface area (Å²) in [6.45, 7) is 17.0. The van der Waals surface area contributed by atoms with Gasteiger partial charge in [0.15, 0.2) is 5.82 Å². The Morgan fingerprint density at radius 1 is 0.909 bits per heavy atom. The zero-order valence-corrected chi connectivity index (χ0v) is 35.1. The summed E-state index contributed by atoms with van der Waals surface area (Å²) in [5.41, 5.74) is 2.99. The van der Waals surface area contributed by atoms with Gasteiger partial charge in [-0.05, 0) is 117 Å². The Bertz CT molecular complexity index is 1840. The Morgan fingerprint density at radius 2 is 1.64 bits per heavy atom. The van der Waals surface area contributed by atoms with E-state index in [0.29, 0.717) is 46.4 Å². The minimum absolute atomic E-state index is 0.193. The number of hydrogen-bond donors (Lipinski definition) is 2. The van der Waals surface area contributed by atoms with Crippen LogP contribution in [0.25, 0.3) is 5.82 Å². The molecule has 3 aliphatic carbocycles. The van der Waals surface area contributed by atoms with Gasteiger partial charge in [0, 0.05) is 42.8 Å². The van der Waals surface area contributed by atoms with Gasteiger partial charge >= 0.3 is 0 Å². The molecular weight excluding hydrogens is 703 g/mol. The highest BCUT2D eigenvalue weighted by Crippen LogP contribution is 2.93. The molecule has 2 N–H and O–H groups in total. The fourth-order valence-electron chi connectivity index (χ4n) is 9.44. The Balaban J connectivity index is 0.000000692. The number of nitrogens with one attached hydrogen (secondary N) is 2. The first-order chi connectivity index (χ1) is 26.9. The summed E-state index contributed by atoms with van der Waals surface area (Å²) in [6, 6.07) is 22.2. The average molecular weight is 766 g/mol. The third-order valence-electron chi connectivity index (χ3n) is 12.0. The topological polar surface area (TPSA) is 97.2 Å². The number of pyridine rings is 2. The van der Waals surface area contributed by atoms with E-state index in [-0.39, 0.29) is 11.4 Å². The average Bonchev–Trinajstić information content (AvgIpc) is 4.17. The number of amides is 1. The van der Waals surface area contributed by atoms with E-state index in [1.807, 2.05) is 70.3 Å². The maximum Gasteiger partial charge on any atom is 0.265 e. The normalized spacial score (nSPS) is 22.4. The van der Waals surface area contributed by atoms with Gasteiger partial charge in [-0.3, -0.25) is 9.52 Å². The lowest BCUT2D eigenvalue weighted by Crippen LogP contribution is -2.44. The Labute approximate surface area is 334 Å². The van der Waals surface area contributed by atoms with Gasteiger partial charge in [-0.15, -0.1) is 5.10 Å². The van der Waals surface area contributed by atoms with Gasteiger partial charge in [0.05, 0.1) is 12.2 Å². The number of carbonyl (C=O) groups excluding carboxylic acids is 1. The van der Waals surface area contributed by atoms with Gasteiger partial charge in [0.2, 0.25) is 5.88 Å². The summed E-state index contributed by atoms with van der Waals surface area (Å²) in [5, 5.41) is 8.99. The van der Waals surface area contributed by atoms with Crippen LogP contribution in [-0.4, -0.2) is 50.9 Å². The lowest BCUT2D eigenvalue weighted by Gasteiger charge is -2.37. The highest BCUT2D eigenvalue weighted by Gasteiger charge is 2.85. The van der Waals surface area contributed by atoms with E-state index >= 15 is 0 Å². The number of ether oxygens (including phenoxy) is 1. The van der Waals surface area contributed by atoms with Crippen LogP contribution in [-0.2, 0) is 6.42 Å². The van der Waals surface area contributed by atoms with Crippen LogP contribution in [0.15, 0.2) is 78.0 Å². The summed E-state index contributed by atoms with van der Waals surface area (Å²) < 4.78 is 11.0. The number of fused-ring (bicyclic) bond motifs is 7. The standard InChI is InChI=1S/C38H43N7O2S.C3H8.2C2H6/c1-36(23-26-7-3-2-4-8-26)24-27-9-6-20-39-30-10-5-11-33(40-30)48-43-35(46)28-12-13-31(41-34(28)44(36)25-27)45-21-14-32(42-45)47-22-15-29-37(16-17-37)38(29)18-19-38;1-3-2;2*1-2/h2-5,7-8,10-14,21,27,29H,6,9,15-20,22-25H2,1H3,(H,39,40)(H,43,46);3H2,1-2H3;2*1-2H3. The number of benzene rings is 1. The van der Waals surface area contributed by atoms with Crippen molar-refractivity contribution in [1.82, 2.24) is 24.5 Å². The van der Waals surface area contributed by atoms with Gasteiger partial charge in [0.25, 0.3) is 5.91 Å². The van der Waals surface area contributed by atoms with Crippen molar-refractivity contribution in [2.75, 3.05) is 29.9 Å². The summed E-state index contributed by atoms with van der Waals surface area (Å²) >= 11 is 1.23. The number of rotatable bonds is 7. The molecule has 5 heterocycles. The summed E-state index contributed by atoms with van der Waals surface area (Å²) in [4.78, 5) is 26.2. The van der Waals surface area contributed by atoms with E-state index in [1.54, 1.807) is 4.68 Å². The quantitative estimate of drug-likeness (QED) is 0.180. The molecular formula is C45H63N7O2S. The van der Waals surface area contributed by atoms with Gasteiger partial charge in [-0.2, -0.15) is 0 Å². The third-order valence-corrected chi connectivity index (χ3v) is 12.7. The van der Waals surface area contributed by atoms with Crippen molar-refractivity contribution in [2.45, 2.75) is 123 Å². The molecule has 5 aliphatic rings. The van der Waals surface area contributed by atoms with Crippen LogP contribution in [0, 0.1) is 22.7 Å². The molecule has 4 aromatic rings. The minimum Gasteiger partial charge on any atom is -0.477 e. The first kappa shape index (κ1) is 40.6. The number of aromatic nitrogens is 4. The van der Waals surface area contributed by atoms with Crippen LogP contribution >= 0.6 is 11.9 Å². The molecule has 1 aromatic carbocycles. The summed E-state index contributed by atoms with van der Waals surface area (Å²) in [7, 11) is 0. The molecule has 9 nitrogen and oxygen atoms in total. The molecule has 2 unspecified atom stereocenters. The van der Waals surface area contributed by atoms with Crippen molar-refractivity contribution in [2.24, 2.45) is 22.7 Å². The molecule has 2 atom stereocenters. The molecule has 1 amide bonds. The van der Waals surface area contributed by atoms with E-state index in [4.69, 9.17) is 19.8 Å². The maximum absolute atomic E-state index is 13.9. The van der Waals surface area contributed by atoms with E-state index in [2.05, 4.69) is 66.0 Å². The molecule has 4 fully saturated rings. The fraction of sp³-hybridized carbons (Fsp3) is 0.556. The molecule has 10 heteroatoms. The van der Waals surface area contributed by atoms with Gasteiger partial charge in [0.1, 0.15) is 16.7 Å². The van der Waals surface area contributed by atoms with Crippen molar-refractivity contribution < 1.29 is 9.53 Å². The third kappa shape index (κ3) is 8.69. The van der Waals surface area contributed by atoms with Gasteiger partial charge < -0.3 is 15.0 Å². The van der Waals surface area contributed by atoms with Crippen molar-refractivity contribution in [3.8, 4) is 11.7 Å². The Kier molecular flexibility index (Phi) is 13.2. The van der Waals surface area contributed by atoms with Crippen molar-refractivity contribution in [3.63, 3.8) is 0 Å². The smallest absolute Gasteiger partial charge is 0.265 e. The highest BCUT2D eigenvalue weighted by atomic mass is 32.2. The maximum atomic E-state index is 13.9. The van der Waals surface area contributed by atoms with E-state index in [9.17, 15) is 4.79 Å². The van der Waals surface area contributed by atoms with E-state index in [0.717, 1.165) is 62.0 Å². The SMILES string of the molecule is CC.CC.CC1(Cc2ccccc2)CC2CCCNc3cccc(n3)SNC(=O)c3ccc(-n4ccc(OCCC5C6(CC6)C56CC6)n4)nc3N1C2.CCC. The molecule has 2 spiro atoms. The van der Waals surface area contributed by atoms with Crippen LogP contribution in [0.5, 0.6) is 5.88 Å². The van der Waals surface area contributed by atoms with Crippen molar-refractivity contribution in [1.29, 1.82) is 0 Å². The summed E-state index contributed by atoms with van der Waals surface area (Å²) in [5.74, 6) is 3.93. The lowest BCUT2D eigenvalue weighted by molar-refractivity contribution is 0.0984.